The van der Waals surface area contributed by atoms with Gasteiger partial charge in [-0.1, -0.05) is 49.6 Å². The summed E-state index contributed by atoms with van der Waals surface area (Å²) in [7, 11) is 3.11. The van der Waals surface area contributed by atoms with Crippen LogP contribution in [0.25, 0.3) is 11.1 Å². The van der Waals surface area contributed by atoms with Crippen molar-refractivity contribution >= 4 is 11.8 Å². The molecule has 10 heteroatoms. The molecule has 0 aliphatic heterocycles. The molecule has 0 spiro atoms. The number of ether oxygens (including phenoxy) is 1. The van der Waals surface area contributed by atoms with E-state index in [-0.39, 0.29) is 10.5 Å². The molecule has 32 heavy (non-hydrogen) atoms. The molecule has 0 radical (unpaired) electrons. The molecule has 0 aromatic heterocycles. The molecule has 0 saturated heterocycles. The summed E-state index contributed by atoms with van der Waals surface area (Å²) in [5.41, 5.74) is -1.30. The van der Waals surface area contributed by atoms with Gasteiger partial charge in [-0.15, -0.1) is 13.2 Å². The number of halogens is 6. The van der Waals surface area contributed by atoms with Crippen LogP contribution in [0.4, 0.5) is 26.3 Å². The molecule has 1 saturated carbocycles. The molecule has 0 heterocycles. The third-order valence-electron chi connectivity index (χ3n) is 5.39. The largest absolute Gasteiger partial charge is 0.573 e. The minimum atomic E-state index is -5.19. The summed E-state index contributed by atoms with van der Waals surface area (Å²) in [6.45, 7) is 0. The Kier molecular flexibility index (Phi) is 7.67. The number of nitrogens with zero attached hydrogens (tertiary/aromatic N) is 1. The maximum absolute atomic E-state index is 15.5. The van der Waals surface area contributed by atoms with E-state index in [1.165, 1.54) is 17.0 Å². The van der Waals surface area contributed by atoms with Gasteiger partial charge in [0.25, 0.3) is 0 Å². The molecule has 2 aromatic carbocycles. The van der Waals surface area contributed by atoms with E-state index < -0.39 is 40.7 Å². The molecule has 0 bridgehead atoms. The second-order valence-corrected chi connectivity index (χ2v) is 9.03. The highest BCUT2D eigenvalue weighted by Crippen LogP contribution is 2.41. The Hall–Kier alpha value is -1.91. The maximum Gasteiger partial charge on any atom is 0.573 e. The molecule has 1 unspecified atom stereocenters. The van der Waals surface area contributed by atoms with Crippen LogP contribution < -0.4 is 4.74 Å². The second-order valence-electron chi connectivity index (χ2n) is 7.96. The highest BCUT2D eigenvalue weighted by Gasteiger charge is 2.34. The molecular weight excluding hydrogens is 456 g/mol. The van der Waals surface area contributed by atoms with Gasteiger partial charge in [-0.2, -0.15) is 4.39 Å². The van der Waals surface area contributed by atoms with Crippen molar-refractivity contribution in [2.24, 2.45) is 5.92 Å². The van der Waals surface area contributed by atoms with Gasteiger partial charge in [-0.05, 0) is 44.1 Å². The van der Waals surface area contributed by atoms with Crippen molar-refractivity contribution in [2.75, 3.05) is 14.1 Å². The first-order valence-corrected chi connectivity index (χ1v) is 10.9. The fourth-order valence-electron chi connectivity index (χ4n) is 3.76. The summed E-state index contributed by atoms with van der Waals surface area (Å²) in [4.78, 5) is 1.29. The summed E-state index contributed by atoms with van der Waals surface area (Å²) < 4.78 is 85.3. The highest BCUT2D eigenvalue weighted by molar-refractivity contribution is 7.99. The molecule has 176 valence electrons. The molecule has 1 fully saturated rings. The Balaban J connectivity index is 2.06. The molecule has 0 amide bonds. The van der Waals surface area contributed by atoms with E-state index in [4.69, 9.17) is 0 Å². The second kappa shape index (κ2) is 9.93. The van der Waals surface area contributed by atoms with E-state index >= 15 is 4.39 Å². The Labute approximate surface area is 186 Å². The van der Waals surface area contributed by atoms with Gasteiger partial charge in [0.05, 0.1) is 4.90 Å². The topological polar surface area (TPSA) is 32.7 Å². The number of hydrogen-bond donors (Lipinski definition) is 1. The standard InChI is InChI=1S/C22H23F6NO2S/c1-29(2)21(30)32-20-15(8-7-13(17(20)23)11-12-5-3-4-6-12)14-9-10-16(19(25)18(14)24)31-22(26,27)28/h7-10,12,21,30H,3-6,11H2,1-2H3. The molecular formula is C22H23F6NO2S. The zero-order valence-electron chi connectivity index (χ0n) is 17.5. The molecule has 1 aliphatic carbocycles. The van der Waals surface area contributed by atoms with Crippen molar-refractivity contribution in [2.45, 2.75) is 48.9 Å². The zero-order valence-corrected chi connectivity index (χ0v) is 18.3. The lowest BCUT2D eigenvalue weighted by Gasteiger charge is -2.22. The van der Waals surface area contributed by atoms with Gasteiger partial charge in [0.15, 0.2) is 17.1 Å². The summed E-state index contributed by atoms with van der Waals surface area (Å²) in [5, 5.41) is 10.3. The predicted octanol–water partition coefficient (Wildman–Crippen LogP) is 6.33. The normalized spacial score (nSPS) is 16.1. The number of aliphatic hydroxyl groups is 1. The van der Waals surface area contributed by atoms with E-state index in [1.54, 1.807) is 14.1 Å². The van der Waals surface area contributed by atoms with Crippen molar-refractivity contribution in [1.29, 1.82) is 0 Å². The Morgan fingerprint density at radius 2 is 1.62 bits per heavy atom. The SMILES string of the molecule is CN(C)C(O)Sc1c(-c2ccc(OC(F)(F)F)c(F)c2F)ccc(CC2CCCC2)c1F. The van der Waals surface area contributed by atoms with E-state index in [1.807, 2.05) is 0 Å². The molecule has 3 nitrogen and oxygen atoms in total. The lowest BCUT2D eigenvalue weighted by Crippen LogP contribution is -2.24. The molecule has 2 aromatic rings. The number of benzene rings is 2. The van der Waals surface area contributed by atoms with E-state index in [0.29, 0.717) is 35.7 Å². The molecule has 3 rings (SSSR count). The fraction of sp³-hybridized carbons (Fsp3) is 0.455. The maximum atomic E-state index is 15.5. The van der Waals surface area contributed by atoms with Crippen LogP contribution >= 0.6 is 11.8 Å². The Morgan fingerprint density at radius 3 is 2.22 bits per heavy atom. The summed E-state index contributed by atoms with van der Waals surface area (Å²) in [5.74, 6) is -5.09. The quantitative estimate of drug-likeness (QED) is 0.286. The van der Waals surface area contributed by atoms with Crippen LogP contribution in [0.1, 0.15) is 31.2 Å². The van der Waals surface area contributed by atoms with Crippen molar-refractivity contribution in [1.82, 2.24) is 4.90 Å². The number of rotatable bonds is 7. The van der Waals surface area contributed by atoms with Crippen LogP contribution in [0.2, 0.25) is 0 Å². The predicted molar refractivity (Wildman–Crippen MR) is 110 cm³/mol. The Bertz CT molecular complexity index is 960. The molecule has 1 atom stereocenters. The van der Waals surface area contributed by atoms with Crippen LogP contribution in [0.15, 0.2) is 29.2 Å². The Morgan fingerprint density at radius 1 is 1.00 bits per heavy atom. The van der Waals surface area contributed by atoms with Crippen LogP contribution in [0.3, 0.4) is 0 Å². The van der Waals surface area contributed by atoms with Crippen molar-refractivity contribution < 1.29 is 36.2 Å². The smallest absolute Gasteiger partial charge is 0.403 e. The van der Waals surface area contributed by atoms with Gasteiger partial charge in [0.2, 0.25) is 5.82 Å². The monoisotopic (exact) mass is 479 g/mol. The zero-order chi connectivity index (χ0) is 23.6. The van der Waals surface area contributed by atoms with Gasteiger partial charge in [-0.3, -0.25) is 4.90 Å². The third kappa shape index (κ3) is 5.71. The number of aliphatic hydroxyl groups excluding tert-OH is 1. The van der Waals surface area contributed by atoms with E-state index in [0.717, 1.165) is 31.7 Å². The highest BCUT2D eigenvalue weighted by atomic mass is 32.2. The minimum absolute atomic E-state index is 0.0708. The first-order valence-electron chi connectivity index (χ1n) is 10.0. The third-order valence-corrected chi connectivity index (χ3v) is 6.66. The van der Waals surface area contributed by atoms with Crippen LogP contribution in [0.5, 0.6) is 5.75 Å². The summed E-state index contributed by atoms with van der Waals surface area (Å²) in [6.07, 6.45) is -0.619. The van der Waals surface area contributed by atoms with Crippen molar-refractivity contribution in [3.05, 3.63) is 47.3 Å². The molecule has 1 N–H and O–H groups in total. The van der Waals surface area contributed by atoms with Gasteiger partial charge in [-0.25, -0.2) is 8.78 Å². The lowest BCUT2D eigenvalue weighted by atomic mass is 9.95. The number of alkyl halides is 3. The van der Waals surface area contributed by atoms with Gasteiger partial charge >= 0.3 is 6.36 Å². The van der Waals surface area contributed by atoms with Crippen molar-refractivity contribution in [3.63, 3.8) is 0 Å². The average molecular weight is 479 g/mol. The number of thioether (sulfide) groups is 1. The van der Waals surface area contributed by atoms with Gasteiger partial charge < -0.3 is 9.84 Å². The van der Waals surface area contributed by atoms with Crippen LogP contribution in [-0.4, -0.2) is 36.0 Å². The summed E-state index contributed by atoms with van der Waals surface area (Å²) >= 11 is 0.707. The van der Waals surface area contributed by atoms with E-state index in [2.05, 4.69) is 4.74 Å². The minimum Gasteiger partial charge on any atom is -0.403 e. The van der Waals surface area contributed by atoms with Crippen LogP contribution in [-0.2, 0) is 6.42 Å². The summed E-state index contributed by atoms with van der Waals surface area (Å²) in [6, 6.07) is 4.42. The van der Waals surface area contributed by atoms with Gasteiger partial charge in [0, 0.05) is 11.1 Å². The number of hydrogen-bond acceptors (Lipinski definition) is 4. The average Bonchev–Trinajstić information content (AvgIpc) is 3.21. The van der Waals surface area contributed by atoms with Crippen molar-refractivity contribution in [3.8, 4) is 16.9 Å². The fourth-order valence-corrected chi connectivity index (χ4v) is 4.72. The first-order chi connectivity index (χ1) is 15.0. The first kappa shape index (κ1) is 24.7. The van der Waals surface area contributed by atoms with Crippen LogP contribution in [0, 0.1) is 23.4 Å². The van der Waals surface area contributed by atoms with E-state index in [9.17, 15) is 27.1 Å². The molecule has 1 aliphatic rings. The van der Waals surface area contributed by atoms with Gasteiger partial charge in [0.1, 0.15) is 5.82 Å². The lowest BCUT2D eigenvalue weighted by molar-refractivity contribution is -0.275.